The largest absolute Gasteiger partial charge is 0.679 e. The van der Waals surface area contributed by atoms with E-state index in [0.717, 1.165) is 14.9 Å². The second kappa shape index (κ2) is 31.8. The van der Waals surface area contributed by atoms with Crippen LogP contribution < -0.4 is 14.8 Å². The summed E-state index contributed by atoms with van der Waals surface area (Å²) in [5.74, 6) is -6.26. The number of ether oxygens (including phenoxy) is 3. The Balaban J connectivity index is 1.07. The summed E-state index contributed by atoms with van der Waals surface area (Å²) in [6, 6.07) is 33.6. The first-order valence-corrected chi connectivity index (χ1v) is 26.2. The number of methoxy groups -OCH3 is 1. The molecule has 0 bridgehead atoms. The Morgan fingerprint density at radius 2 is 1.05 bits per heavy atom. The van der Waals surface area contributed by atoms with Crippen LogP contribution in [0.1, 0.15) is 24.0 Å². The summed E-state index contributed by atoms with van der Waals surface area (Å²) in [5, 5.41) is 49.7. The molecule has 23 nitrogen and oxygen atoms in total. The summed E-state index contributed by atoms with van der Waals surface area (Å²) < 4.78 is 48.2. The number of unbranched alkanes of at least 4 members (excludes halogenated alkanes) is 1. The second-order valence-electron chi connectivity index (χ2n) is 18.9. The Labute approximate surface area is 476 Å². The van der Waals surface area contributed by atoms with E-state index in [-0.39, 0.29) is 82.9 Å². The van der Waals surface area contributed by atoms with Gasteiger partial charge >= 0.3 is 43.2 Å². The van der Waals surface area contributed by atoms with Gasteiger partial charge in [0, 0.05) is 68.2 Å². The van der Waals surface area contributed by atoms with Crippen molar-refractivity contribution in [3.63, 3.8) is 0 Å². The predicted molar refractivity (Wildman–Crippen MR) is 302 cm³/mol. The van der Waals surface area contributed by atoms with E-state index in [2.05, 4.69) is 10.1 Å². The van der Waals surface area contributed by atoms with E-state index in [1.54, 1.807) is 78.9 Å². The molecule has 0 aliphatic carbocycles. The lowest BCUT2D eigenvalue weighted by Gasteiger charge is -2.29. The van der Waals surface area contributed by atoms with Gasteiger partial charge in [-0.15, -0.1) is 0 Å². The Morgan fingerprint density at radius 3 is 1.55 bits per heavy atom. The number of rotatable bonds is 36. The molecular weight excluding hydrogens is 1090 g/mol. The lowest BCUT2D eigenvalue weighted by Crippen LogP contribution is -2.47. The molecule has 4 aromatic carbocycles. The van der Waals surface area contributed by atoms with Crippen molar-refractivity contribution in [3.05, 3.63) is 132 Å². The maximum atomic E-state index is 15.6. The first kappa shape index (κ1) is 63.1. The molecule has 26 heteroatoms. The van der Waals surface area contributed by atoms with E-state index in [1.807, 2.05) is 42.5 Å². The number of hydrogen-bond acceptors (Lipinski definition) is 15. The van der Waals surface area contributed by atoms with Gasteiger partial charge in [-0.25, -0.2) is 14.8 Å². The van der Waals surface area contributed by atoms with Crippen LogP contribution in [0.4, 0.5) is 14.4 Å². The number of carboxylic acids is 5. The highest BCUT2D eigenvalue weighted by atomic mass is 19.2. The van der Waals surface area contributed by atoms with Crippen molar-refractivity contribution < 1.29 is 81.9 Å². The first-order chi connectivity index (χ1) is 39.8. The number of allylic oxidation sites excluding steroid dienone is 1. The van der Waals surface area contributed by atoms with Gasteiger partial charge in [-0.05, 0) is 78.1 Å². The Hall–Kier alpha value is -9.11. The fraction of sp³-hybridized carbons (Fsp3) is 0.316. The Morgan fingerprint density at radius 1 is 0.578 bits per heavy atom. The summed E-state index contributed by atoms with van der Waals surface area (Å²) in [4.78, 5) is 97.3. The summed E-state index contributed by atoms with van der Waals surface area (Å²) in [5.41, 5.74) is 4.29. The summed E-state index contributed by atoms with van der Waals surface area (Å²) in [6.07, 6.45) is 2.79. The van der Waals surface area contributed by atoms with Crippen molar-refractivity contribution in [1.82, 2.24) is 29.4 Å². The molecule has 1 amide bonds. The smallest absolute Gasteiger partial charge is 0.494 e. The number of nitrogens with zero attached hydrogens (tertiary/aromatic N) is 7. The van der Waals surface area contributed by atoms with Crippen LogP contribution in [-0.4, -0.2) is 216 Å². The van der Waals surface area contributed by atoms with Crippen molar-refractivity contribution in [2.45, 2.75) is 12.8 Å². The molecule has 1 aliphatic heterocycles. The highest BCUT2D eigenvalue weighted by Crippen LogP contribution is 2.41. The number of amides is 1. The molecule has 0 spiro atoms. The molecule has 83 heavy (non-hydrogen) atoms. The molecule has 0 saturated heterocycles. The number of carboxylic acid groups (broad SMARTS) is 5. The molecule has 0 atom stereocenters. The number of benzene rings is 4. The second-order valence-corrected chi connectivity index (χ2v) is 18.9. The van der Waals surface area contributed by atoms with Crippen molar-refractivity contribution in [3.8, 4) is 33.9 Å². The van der Waals surface area contributed by atoms with E-state index < -0.39 is 81.8 Å². The van der Waals surface area contributed by atoms with Crippen LogP contribution in [-0.2, 0) is 38.3 Å². The van der Waals surface area contributed by atoms with E-state index in [1.165, 1.54) is 21.8 Å². The zero-order valence-electron chi connectivity index (χ0n) is 45.4. The quantitative estimate of drug-likeness (QED) is 0.0180. The van der Waals surface area contributed by atoms with Crippen LogP contribution in [0.15, 0.2) is 131 Å². The lowest BCUT2D eigenvalue weighted by molar-refractivity contribution is -0.143. The van der Waals surface area contributed by atoms with E-state index >= 15 is 8.63 Å². The third kappa shape index (κ3) is 20.4. The molecule has 0 saturated carbocycles. The minimum Gasteiger partial charge on any atom is -0.494 e. The van der Waals surface area contributed by atoms with Crippen LogP contribution in [0.3, 0.4) is 0 Å². The van der Waals surface area contributed by atoms with Crippen molar-refractivity contribution in [1.29, 1.82) is 0 Å². The number of halogens is 2. The summed E-state index contributed by atoms with van der Waals surface area (Å²) in [6.45, 7) is -3.23. The van der Waals surface area contributed by atoms with Gasteiger partial charge in [0.05, 0.1) is 58.7 Å². The first-order valence-electron chi connectivity index (χ1n) is 26.2. The van der Waals surface area contributed by atoms with Crippen LogP contribution in [0.2, 0.25) is 0 Å². The molecule has 0 unspecified atom stereocenters. The zero-order valence-corrected chi connectivity index (χ0v) is 45.4. The fourth-order valence-electron chi connectivity index (χ4n) is 8.77. The number of aromatic nitrogens is 1. The number of aliphatic carboxylic acids is 5. The number of hydrogen-bond donors (Lipinski definition) is 6. The van der Waals surface area contributed by atoms with E-state index in [4.69, 9.17) is 29.7 Å². The van der Waals surface area contributed by atoms with Gasteiger partial charge in [0.1, 0.15) is 17.3 Å². The SMILES string of the molecule is COC(=O)COc1ccc(C2=CC(c3ccccc3)=N/C2=N\c2c(-c3ccccc3)cc(-c3ccc(OCCCCNC(=O)CN(CCN(CCN(CCN(CC(=O)O)CC(=O)O)CC(=O)O)CC(=O)O)CC(=O)O)cc3)n2B(F)F)cc1. The number of nitrogens with one attached hydrogen (secondary N) is 1. The third-order valence-electron chi connectivity index (χ3n) is 12.7. The monoisotopic (exact) mass is 1150 g/mol. The standard InChI is InChI=1S/C57H63BF2N8O15/c1-81-55(80)38-83-44-18-14-40(15-19-44)45-30-47(41-12-6-3-7-13-41)62-56(45)63-57-46(39-10-4-2-5-11-39)31-48(68(57)58(59)60)42-16-20-43(21-17-42)82-29-9-8-22-61-49(69)32-66(35-52(74)75)27-25-64(33-50(70)71)23-24-65(34-51(72)73)26-28-67(36-53(76)77)37-54(78)79/h2-7,10-21,30-31H,8-9,22-29,32-38H2,1H3,(H,61,69)(H,70,71)(H,72,73)(H,74,75)(H,76,77)(H,78,79)/b63-56-. The maximum Gasteiger partial charge on any atom is 0.679 e. The molecular formula is C57H63BF2N8O15. The van der Waals surface area contributed by atoms with Crippen LogP contribution in [0.25, 0.3) is 28.0 Å². The number of carbonyl (C=O) groups excluding carboxylic acids is 2. The van der Waals surface area contributed by atoms with Crippen molar-refractivity contribution in [2.75, 3.05) is 105 Å². The number of amidine groups is 1. The van der Waals surface area contributed by atoms with Gasteiger partial charge in [-0.2, -0.15) is 0 Å². The molecule has 6 rings (SSSR count). The minimum absolute atomic E-state index is 0.0125. The Kier molecular flexibility index (Phi) is 24.1. The molecule has 1 aliphatic rings. The predicted octanol–water partition coefficient (Wildman–Crippen LogP) is 4.67. The molecule has 2 heterocycles. The summed E-state index contributed by atoms with van der Waals surface area (Å²) >= 11 is 0. The molecule has 0 radical (unpaired) electrons. The molecule has 1 aromatic heterocycles. The maximum absolute atomic E-state index is 15.6. The van der Waals surface area contributed by atoms with Crippen molar-refractivity contribution >= 4 is 72.1 Å². The van der Waals surface area contributed by atoms with Gasteiger partial charge in [0.15, 0.2) is 12.4 Å². The van der Waals surface area contributed by atoms with Crippen LogP contribution >= 0.6 is 0 Å². The molecule has 0 fully saturated rings. The Bertz CT molecular complexity index is 3110. The minimum atomic E-state index is -3.04. The van der Waals surface area contributed by atoms with Gasteiger partial charge in [0.25, 0.3) is 0 Å². The number of carbonyl (C=O) groups is 7. The van der Waals surface area contributed by atoms with Gasteiger partial charge < -0.3 is 49.5 Å². The normalized spacial score (nSPS) is 12.6. The van der Waals surface area contributed by atoms with Crippen molar-refractivity contribution in [2.24, 2.45) is 9.98 Å². The molecule has 5 aromatic rings. The number of aliphatic imine (C=N–C) groups is 2. The van der Waals surface area contributed by atoms with E-state index in [9.17, 15) is 48.9 Å². The topological polar surface area (TPSA) is 303 Å². The number of esters is 1. The highest BCUT2D eigenvalue weighted by Gasteiger charge is 2.30. The van der Waals surface area contributed by atoms with Gasteiger partial charge in [0.2, 0.25) is 5.91 Å². The molecule has 438 valence electrons. The third-order valence-corrected chi connectivity index (χ3v) is 12.7. The van der Waals surface area contributed by atoms with Gasteiger partial charge in [-0.3, -0.25) is 57.0 Å². The average molecular weight is 1150 g/mol. The summed E-state index contributed by atoms with van der Waals surface area (Å²) in [7, 11) is -1.78. The fourth-order valence-corrected chi connectivity index (χ4v) is 8.77. The molecule has 6 N–H and O–H groups in total. The van der Waals surface area contributed by atoms with Crippen LogP contribution in [0, 0.1) is 0 Å². The highest BCUT2D eigenvalue weighted by molar-refractivity contribution is 6.43. The van der Waals surface area contributed by atoms with E-state index in [0.29, 0.717) is 57.9 Å². The average Bonchev–Trinajstić information content (AvgIpc) is 2.67. The van der Waals surface area contributed by atoms with Gasteiger partial charge in [-0.1, -0.05) is 72.8 Å². The lowest BCUT2D eigenvalue weighted by atomic mass is 10.0. The van der Waals surface area contributed by atoms with Crippen LogP contribution in [0.5, 0.6) is 11.5 Å². The zero-order chi connectivity index (χ0) is 59.8.